The van der Waals surface area contributed by atoms with E-state index in [-0.39, 0.29) is 0 Å². The van der Waals surface area contributed by atoms with Crippen molar-refractivity contribution in [2.24, 2.45) is 0 Å². The molecule has 0 atom stereocenters. The van der Waals surface area contributed by atoms with Crippen molar-refractivity contribution >= 4 is 49.4 Å². The molecule has 3 aliphatic carbocycles. The molecule has 13 aromatic carbocycles. The topological polar surface area (TPSA) is 3.24 Å². The molecule has 0 radical (unpaired) electrons. The van der Waals surface area contributed by atoms with Crippen LogP contribution >= 0.6 is 0 Å². The van der Waals surface area contributed by atoms with Gasteiger partial charge in [-0.2, -0.15) is 0 Å². The third kappa shape index (κ3) is 5.73. The maximum Gasteiger partial charge on any atom is 0.0726 e. The Labute approximate surface area is 436 Å². The fraction of sp³-hybridized carbons (Fsp3) is 0.0270. The highest BCUT2D eigenvalue weighted by Crippen LogP contribution is 2.64. The van der Waals surface area contributed by atoms with Crippen LogP contribution in [0.15, 0.2) is 285 Å². The average molecular weight is 950 g/mol. The van der Waals surface area contributed by atoms with Gasteiger partial charge < -0.3 is 4.90 Å². The van der Waals surface area contributed by atoms with Crippen LogP contribution in [0.5, 0.6) is 0 Å². The highest BCUT2D eigenvalue weighted by Gasteiger charge is 2.52. The molecular weight excluding hydrogens is 903 g/mol. The van der Waals surface area contributed by atoms with E-state index < -0.39 is 10.8 Å². The number of benzene rings is 13. The summed E-state index contributed by atoms with van der Waals surface area (Å²) in [6, 6.07) is 107. The van der Waals surface area contributed by atoms with Crippen LogP contribution < -0.4 is 4.90 Å². The van der Waals surface area contributed by atoms with Gasteiger partial charge in [0.2, 0.25) is 0 Å². The van der Waals surface area contributed by atoms with Crippen molar-refractivity contribution in [3.63, 3.8) is 0 Å². The van der Waals surface area contributed by atoms with Gasteiger partial charge in [0, 0.05) is 17.1 Å². The lowest BCUT2D eigenvalue weighted by atomic mass is 9.67. The summed E-state index contributed by atoms with van der Waals surface area (Å²) < 4.78 is 0. The molecule has 0 fully saturated rings. The second-order valence-corrected chi connectivity index (χ2v) is 20.6. The van der Waals surface area contributed by atoms with Crippen molar-refractivity contribution in [1.29, 1.82) is 0 Å². The maximum absolute atomic E-state index is 2.52. The summed E-state index contributed by atoms with van der Waals surface area (Å²) in [6.45, 7) is 0. The summed E-state index contributed by atoms with van der Waals surface area (Å²) in [5, 5.41) is 7.69. The van der Waals surface area contributed by atoms with E-state index in [2.05, 4.69) is 290 Å². The summed E-state index contributed by atoms with van der Waals surface area (Å²) in [6.07, 6.45) is 0. The SMILES string of the molecule is c1ccc(C2(c3ccccc3)c3ccccc3-c3ccc(N(c4ccc(-c5ccc6c7ccccc7c7ccccc7c6c5)cc4)c4ccc5c(c4)C4(c6ccccc6-c6ccccc64)c4ccccc4-5)cc32)cc1. The zero-order valence-electron chi connectivity index (χ0n) is 41.1. The van der Waals surface area contributed by atoms with Crippen LogP contribution in [0.25, 0.3) is 76.8 Å². The first-order valence-electron chi connectivity index (χ1n) is 26.2. The van der Waals surface area contributed by atoms with Crippen LogP contribution in [-0.2, 0) is 10.8 Å². The molecule has 1 heteroatoms. The first-order valence-corrected chi connectivity index (χ1v) is 26.2. The average Bonchev–Trinajstić information content (AvgIpc) is 4.28. The molecule has 348 valence electrons. The minimum Gasteiger partial charge on any atom is -0.310 e. The minimum absolute atomic E-state index is 0.481. The van der Waals surface area contributed by atoms with Crippen molar-refractivity contribution in [3.8, 4) is 44.5 Å². The fourth-order valence-electron chi connectivity index (χ4n) is 14.1. The standard InChI is InChI=1S/C74H47N/c1-3-19-50(20-4-1)73(51-21-5-2-6-22-51)67-31-15-11-29-62(67)64-43-40-53(46-71(64)73)75(52-38-35-48(36-39-52)49-37-42-59-57-25-8-7-23-55(57)56-24-9-10-26-58(56)66(59)45-49)54-41-44-65-63-30-14-18-34-70(63)74(72(65)47-54)68-32-16-12-27-60(68)61-28-13-17-33-69(61)74/h1-47H. The lowest BCUT2D eigenvalue weighted by Gasteiger charge is -2.35. The molecule has 0 aliphatic heterocycles. The number of hydrogen-bond donors (Lipinski definition) is 0. The number of fused-ring (bicyclic) bond motifs is 19. The van der Waals surface area contributed by atoms with Crippen LogP contribution in [0, 0.1) is 0 Å². The molecule has 1 nitrogen and oxygen atoms in total. The second-order valence-electron chi connectivity index (χ2n) is 20.6. The summed E-state index contributed by atoms with van der Waals surface area (Å²) in [4.78, 5) is 2.51. The monoisotopic (exact) mass is 949 g/mol. The van der Waals surface area contributed by atoms with Crippen LogP contribution in [0.3, 0.4) is 0 Å². The van der Waals surface area contributed by atoms with Crippen molar-refractivity contribution in [3.05, 3.63) is 330 Å². The smallest absolute Gasteiger partial charge is 0.0726 e. The normalized spacial score (nSPS) is 13.8. The van der Waals surface area contributed by atoms with Gasteiger partial charge in [0.15, 0.2) is 0 Å². The minimum atomic E-state index is -0.549. The molecule has 0 aromatic heterocycles. The van der Waals surface area contributed by atoms with Gasteiger partial charge in [0.05, 0.1) is 10.8 Å². The van der Waals surface area contributed by atoms with E-state index in [0.717, 1.165) is 17.1 Å². The Morgan fingerprint density at radius 1 is 0.200 bits per heavy atom. The van der Waals surface area contributed by atoms with Crippen LogP contribution in [0.1, 0.15) is 44.5 Å². The van der Waals surface area contributed by atoms with Gasteiger partial charge in [-0.1, -0.05) is 243 Å². The highest BCUT2D eigenvalue weighted by atomic mass is 15.1. The quantitative estimate of drug-likeness (QED) is 0.150. The van der Waals surface area contributed by atoms with E-state index in [1.54, 1.807) is 0 Å². The maximum atomic E-state index is 2.52. The number of hydrogen-bond acceptors (Lipinski definition) is 1. The summed E-state index contributed by atoms with van der Waals surface area (Å²) >= 11 is 0. The van der Waals surface area contributed by atoms with E-state index in [4.69, 9.17) is 0 Å². The van der Waals surface area contributed by atoms with Crippen molar-refractivity contribution in [1.82, 2.24) is 0 Å². The Kier molecular flexibility index (Phi) is 8.94. The van der Waals surface area contributed by atoms with Gasteiger partial charge >= 0.3 is 0 Å². The zero-order chi connectivity index (χ0) is 49.2. The number of anilines is 3. The zero-order valence-corrected chi connectivity index (χ0v) is 41.1. The Balaban J connectivity index is 0.929. The first-order chi connectivity index (χ1) is 37.2. The Hall–Kier alpha value is -9.56. The second kappa shape index (κ2) is 16.0. The molecule has 3 aliphatic rings. The third-order valence-electron chi connectivity index (χ3n) is 17.1. The van der Waals surface area contributed by atoms with E-state index in [9.17, 15) is 0 Å². The highest BCUT2D eigenvalue weighted by molar-refractivity contribution is 6.25. The van der Waals surface area contributed by atoms with Crippen LogP contribution in [0.4, 0.5) is 17.1 Å². The molecule has 0 saturated heterocycles. The van der Waals surface area contributed by atoms with Crippen LogP contribution in [0.2, 0.25) is 0 Å². The molecule has 0 bridgehead atoms. The van der Waals surface area contributed by atoms with E-state index in [1.165, 1.54) is 121 Å². The van der Waals surface area contributed by atoms with Gasteiger partial charge in [0.1, 0.15) is 0 Å². The molecule has 1 spiro atoms. The van der Waals surface area contributed by atoms with Crippen molar-refractivity contribution in [2.45, 2.75) is 10.8 Å². The molecule has 13 aromatic rings. The largest absolute Gasteiger partial charge is 0.310 e. The Morgan fingerprint density at radius 2 is 0.533 bits per heavy atom. The summed E-state index contributed by atoms with van der Waals surface area (Å²) in [5.41, 5.74) is 22.8. The lowest BCUT2D eigenvalue weighted by Crippen LogP contribution is -2.28. The molecule has 0 unspecified atom stereocenters. The molecule has 75 heavy (non-hydrogen) atoms. The summed E-state index contributed by atoms with van der Waals surface area (Å²) in [5.74, 6) is 0. The predicted molar refractivity (Wildman–Crippen MR) is 313 cm³/mol. The third-order valence-corrected chi connectivity index (χ3v) is 17.1. The lowest BCUT2D eigenvalue weighted by molar-refractivity contribution is 0.768. The molecule has 0 amide bonds. The summed E-state index contributed by atoms with van der Waals surface area (Å²) in [7, 11) is 0. The van der Waals surface area contributed by atoms with Gasteiger partial charge in [-0.3, -0.25) is 0 Å². The number of rotatable bonds is 6. The first kappa shape index (κ1) is 42.0. The van der Waals surface area contributed by atoms with E-state index in [0.29, 0.717) is 0 Å². The fourth-order valence-corrected chi connectivity index (χ4v) is 14.1. The molecule has 0 N–H and O–H groups in total. The van der Waals surface area contributed by atoms with Crippen LogP contribution in [-0.4, -0.2) is 0 Å². The predicted octanol–water partition coefficient (Wildman–Crippen LogP) is 19.0. The molecular formula is C74H47N. The van der Waals surface area contributed by atoms with E-state index >= 15 is 0 Å². The van der Waals surface area contributed by atoms with Gasteiger partial charge in [-0.15, -0.1) is 0 Å². The van der Waals surface area contributed by atoms with Crippen molar-refractivity contribution < 1.29 is 0 Å². The Morgan fingerprint density at radius 3 is 1.00 bits per heavy atom. The molecule has 16 rings (SSSR count). The molecule has 0 heterocycles. The van der Waals surface area contributed by atoms with E-state index in [1.807, 2.05) is 0 Å². The van der Waals surface area contributed by atoms with Crippen molar-refractivity contribution in [2.75, 3.05) is 4.90 Å². The molecule has 0 saturated carbocycles. The van der Waals surface area contributed by atoms with Gasteiger partial charge in [-0.05, 0) is 164 Å². The van der Waals surface area contributed by atoms with Gasteiger partial charge in [-0.25, -0.2) is 0 Å². The number of nitrogens with zero attached hydrogens (tertiary/aromatic N) is 1. The Bertz CT molecular complexity index is 4230. The van der Waals surface area contributed by atoms with Gasteiger partial charge in [0.25, 0.3) is 0 Å².